The molecule has 0 unspecified atom stereocenters. The third kappa shape index (κ3) is 2.58. The second kappa shape index (κ2) is 5.07. The number of benzene rings is 1. The number of aromatic nitrogens is 1. The standard InChI is InChI=1S/C12H13NO2S/c1-14-11-5-3-9(4-6-11)7-10-8-12(16-2)15-13-10/h3-6,8H,7H2,1-2H3. The lowest BCUT2D eigenvalue weighted by molar-refractivity contribution is 0.346. The summed E-state index contributed by atoms with van der Waals surface area (Å²) in [6, 6.07) is 9.93. The van der Waals surface area contributed by atoms with Gasteiger partial charge < -0.3 is 9.26 Å². The summed E-state index contributed by atoms with van der Waals surface area (Å²) in [4.78, 5) is 0. The highest BCUT2D eigenvalue weighted by Gasteiger charge is 2.04. The smallest absolute Gasteiger partial charge is 0.193 e. The molecule has 0 bridgehead atoms. The van der Waals surface area contributed by atoms with Crippen LogP contribution < -0.4 is 4.74 Å². The van der Waals surface area contributed by atoms with Crippen LogP contribution in [0.2, 0.25) is 0 Å². The first-order chi connectivity index (χ1) is 7.81. The van der Waals surface area contributed by atoms with Gasteiger partial charge in [0.15, 0.2) is 5.09 Å². The summed E-state index contributed by atoms with van der Waals surface area (Å²) in [5, 5.41) is 4.85. The van der Waals surface area contributed by atoms with Gasteiger partial charge in [-0.1, -0.05) is 29.1 Å². The first-order valence-corrected chi connectivity index (χ1v) is 6.17. The molecule has 2 aromatic rings. The van der Waals surface area contributed by atoms with Gasteiger partial charge in [0.1, 0.15) is 5.75 Å². The van der Waals surface area contributed by atoms with Gasteiger partial charge in [-0.15, -0.1) is 0 Å². The molecule has 2 rings (SSSR count). The minimum Gasteiger partial charge on any atom is -0.497 e. The maximum atomic E-state index is 5.12. The van der Waals surface area contributed by atoms with Crippen molar-refractivity contribution in [3.8, 4) is 5.75 Å². The Kier molecular flexibility index (Phi) is 3.51. The van der Waals surface area contributed by atoms with Crippen molar-refractivity contribution >= 4 is 11.8 Å². The zero-order valence-electron chi connectivity index (χ0n) is 9.27. The normalized spacial score (nSPS) is 10.4. The Labute approximate surface area is 98.8 Å². The highest BCUT2D eigenvalue weighted by atomic mass is 32.2. The lowest BCUT2D eigenvalue weighted by Crippen LogP contribution is -1.88. The highest BCUT2D eigenvalue weighted by Crippen LogP contribution is 2.18. The van der Waals surface area contributed by atoms with Crippen molar-refractivity contribution in [2.24, 2.45) is 0 Å². The first kappa shape index (κ1) is 11.1. The summed E-state index contributed by atoms with van der Waals surface area (Å²) < 4.78 is 10.2. The lowest BCUT2D eigenvalue weighted by atomic mass is 10.1. The van der Waals surface area contributed by atoms with Crippen molar-refractivity contribution < 1.29 is 9.26 Å². The molecule has 0 spiro atoms. The van der Waals surface area contributed by atoms with E-state index in [1.165, 1.54) is 5.56 Å². The van der Waals surface area contributed by atoms with Crippen molar-refractivity contribution in [3.05, 3.63) is 41.6 Å². The number of hydrogen-bond acceptors (Lipinski definition) is 4. The Balaban J connectivity index is 2.08. The van der Waals surface area contributed by atoms with Gasteiger partial charge in [0.2, 0.25) is 0 Å². The molecule has 0 saturated carbocycles. The maximum absolute atomic E-state index is 5.12. The molecule has 1 aromatic heterocycles. The van der Waals surface area contributed by atoms with Gasteiger partial charge in [0.25, 0.3) is 0 Å². The molecule has 0 amide bonds. The van der Waals surface area contributed by atoms with Gasteiger partial charge in [-0.2, -0.15) is 0 Å². The molecule has 1 heterocycles. The summed E-state index contributed by atoms with van der Waals surface area (Å²) in [5.74, 6) is 0.869. The van der Waals surface area contributed by atoms with Crippen LogP contribution in [0.15, 0.2) is 39.9 Å². The van der Waals surface area contributed by atoms with Crippen LogP contribution in [0.1, 0.15) is 11.3 Å². The molecule has 0 N–H and O–H groups in total. The van der Waals surface area contributed by atoms with E-state index in [0.717, 1.165) is 23.0 Å². The number of nitrogens with zero attached hydrogens (tertiary/aromatic N) is 1. The Morgan fingerprint density at radius 3 is 2.62 bits per heavy atom. The Morgan fingerprint density at radius 1 is 1.31 bits per heavy atom. The fourth-order valence-corrected chi connectivity index (χ4v) is 1.79. The third-order valence-corrected chi connectivity index (χ3v) is 2.88. The van der Waals surface area contributed by atoms with E-state index in [1.54, 1.807) is 18.9 Å². The number of rotatable bonds is 4. The number of ether oxygens (including phenoxy) is 1. The van der Waals surface area contributed by atoms with Gasteiger partial charge in [-0.25, -0.2) is 0 Å². The Bertz CT molecular complexity index is 450. The van der Waals surface area contributed by atoms with E-state index in [4.69, 9.17) is 9.26 Å². The molecule has 0 aliphatic rings. The Hall–Kier alpha value is -1.42. The molecule has 0 radical (unpaired) electrons. The molecule has 0 atom stereocenters. The van der Waals surface area contributed by atoms with Crippen molar-refractivity contribution in [1.29, 1.82) is 0 Å². The molecule has 0 aliphatic carbocycles. The molecular formula is C12H13NO2S. The van der Waals surface area contributed by atoms with Gasteiger partial charge >= 0.3 is 0 Å². The molecule has 1 aromatic carbocycles. The van der Waals surface area contributed by atoms with Crippen LogP contribution in [-0.2, 0) is 6.42 Å². The first-order valence-electron chi connectivity index (χ1n) is 4.94. The fourth-order valence-electron chi connectivity index (χ4n) is 1.42. The molecule has 16 heavy (non-hydrogen) atoms. The molecule has 0 saturated heterocycles. The van der Waals surface area contributed by atoms with Crippen LogP contribution in [0.5, 0.6) is 5.75 Å². The quantitative estimate of drug-likeness (QED) is 0.763. The van der Waals surface area contributed by atoms with Gasteiger partial charge in [0, 0.05) is 12.5 Å². The molecule has 3 nitrogen and oxygen atoms in total. The monoisotopic (exact) mass is 235 g/mol. The van der Waals surface area contributed by atoms with Crippen molar-refractivity contribution in [1.82, 2.24) is 5.16 Å². The van der Waals surface area contributed by atoms with Gasteiger partial charge in [0.05, 0.1) is 12.8 Å². The van der Waals surface area contributed by atoms with Gasteiger partial charge in [-0.3, -0.25) is 0 Å². The predicted octanol–water partition coefficient (Wildman–Crippen LogP) is 3.00. The van der Waals surface area contributed by atoms with Crippen LogP contribution in [-0.4, -0.2) is 18.5 Å². The summed E-state index contributed by atoms with van der Waals surface area (Å²) in [7, 11) is 1.66. The summed E-state index contributed by atoms with van der Waals surface area (Å²) in [6.07, 6.45) is 2.76. The van der Waals surface area contributed by atoms with E-state index < -0.39 is 0 Å². The molecule has 0 fully saturated rings. The van der Waals surface area contributed by atoms with E-state index >= 15 is 0 Å². The van der Waals surface area contributed by atoms with Crippen LogP contribution >= 0.6 is 11.8 Å². The van der Waals surface area contributed by atoms with Crippen molar-refractivity contribution in [3.63, 3.8) is 0 Å². The van der Waals surface area contributed by atoms with E-state index in [2.05, 4.69) is 5.16 Å². The van der Waals surface area contributed by atoms with Gasteiger partial charge in [-0.05, 0) is 24.0 Å². The molecular weight excluding hydrogens is 222 g/mol. The predicted molar refractivity (Wildman–Crippen MR) is 64.1 cm³/mol. The largest absolute Gasteiger partial charge is 0.497 e. The average Bonchev–Trinajstić information content (AvgIpc) is 2.78. The average molecular weight is 235 g/mol. The van der Waals surface area contributed by atoms with E-state index in [9.17, 15) is 0 Å². The third-order valence-electron chi connectivity index (χ3n) is 2.28. The summed E-state index contributed by atoms with van der Waals surface area (Å²) in [6.45, 7) is 0. The number of hydrogen-bond donors (Lipinski definition) is 0. The summed E-state index contributed by atoms with van der Waals surface area (Å²) >= 11 is 1.56. The molecule has 0 aliphatic heterocycles. The number of thioether (sulfide) groups is 1. The van der Waals surface area contributed by atoms with Crippen LogP contribution in [0.3, 0.4) is 0 Å². The van der Waals surface area contributed by atoms with Crippen LogP contribution in [0.4, 0.5) is 0 Å². The minimum absolute atomic E-state index is 0.786. The van der Waals surface area contributed by atoms with E-state index in [0.29, 0.717) is 0 Å². The second-order valence-corrected chi connectivity index (χ2v) is 4.18. The zero-order valence-corrected chi connectivity index (χ0v) is 10.1. The fraction of sp³-hybridized carbons (Fsp3) is 0.250. The van der Waals surface area contributed by atoms with Crippen LogP contribution in [0.25, 0.3) is 0 Å². The molecule has 4 heteroatoms. The summed E-state index contributed by atoms with van der Waals surface area (Å²) in [5.41, 5.74) is 2.15. The topological polar surface area (TPSA) is 35.3 Å². The lowest BCUT2D eigenvalue weighted by Gasteiger charge is -2.00. The Morgan fingerprint density at radius 2 is 2.06 bits per heavy atom. The number of methoxy groups -OCH3 is 1. The zero-order chi connectivity index (χ0) is 11.4. The second-order valence-electron chi connectivity index (χ2n) is 3.37. The van der Waals surface area contributed by atoms with Crippen LogP contribution in [0, 0.1) is 0 Å². The maximum Gasteiger partial charge on any atom is 0.193 e. The van der Waals surface area contributed by atoms with E-state index in [1.807, 2.05) is 36.6 Å². The van der Waals surface area contributed by atoms with E-state index in [-0.39, 0.29) is 0 Å². The molecule has 84 valence electrons. The SMILES string of the molecule is COc1ccc(Cc2cc(SC)on2)cc1. The minimum atomic E-state index is 0.786. The van der Waals surface area contributed by atoms with Crippen molar-refractivity contribution in [2.45, 2.75) is 11.5 Å². The van der Waals surface area contributed by atoms with Crippen molar-refractivity contribution in [2.75, 3.05) is 13.4 Å². The highest BCUT2D eigenvalue weighted by molar-refractivity contribution is 7.98.